The van der Waals surface area contributed by atoms with Gasteiger partial charge in [0.1, 0.15) is 31.0 Å². The summed E-state index contributed by atoms with van der Waals surface area (Å²) in [6.45, 7) is -0.156. The fraction of sp³-hybridized carbons (Fsp3) is 0.429. The van der Waals surface area contributed by atoms with Crippen molar-refractivity contribution in [3.63, 3.8) is 0 Å². The minimum atomic E-state index is -1.73. The van der Waals surface area contributed by atoms with Crippen LogP contribution in [0.3, 0.4) is 0 Å². The molecule has 2 aromatic carbocycles. The fourth-order valence-corrected chi connectivity index (χ4v) is 4.78. The normalized spacial score (nSPS) is 21.3. The lowest BCUT2D eigenvalue weighted by Crippen LogP contribution is -2.56. The zero-order valence-electron chi connectivity index (χ0n) is 20.7. The predicted octanol–water partition coefficient (Wildman–Crippen LogP) is 2.01. The minimum absolute atomic E-state index is 0.156. The Balaban J connectivity index is 1.41. The third-order valence-electron chi connectivity index (χ3n) is 6.89. The maximum absolute atomic E-state index is 13.0. The number of carbonyl (C=O) groups is 2. The lowest BCUT2D eigenvalue weighted by molar-refractivity contribution is -0.150. The van der Waals surface area contributed by atoms with Crippen LogP contribution in [0.15, 0.2) is 60.7 Å². The highest BCUT2D eigenvalue weighted by atomic mass is 16.5. The quantitative estimate of drug-likeness (QED) is 0.326. The molecule has 0 radical (unpaired) electrons. The van der Waals surface area contributed by atoms with Gasteiger partial charge in [0.25, 0.3) is 11.8 Å². The first-order valence-electron chi connectivity index (χ1n) is 12.6. The number of aliphatic hydroxyl groups excluding tert-OH is 3. The number of aliphatic hydroxyl groups is 3. The number of fused-ring (bicyclic) bond motifs is 1. The highest BCUT2D eigenvalue weighted by molar-refractivity contribution is 6.00. The molecule has 4 rings (SSSR count). The molecule has 2 amide bonds. The van der Waals surface area contributed by atoms with Crippen molar-refractivity contribution in [2.24, 2.45) is 5.92 Å². The number of nitrogens with one attached hydrogen (secondary N) is 2. The summed E-state index contributed by atoms with van der Waals surface area (Å²) in [5.74, 6) is -0.503. The number of benzene rings is 2. The van der Waals surface area contributed by atoms with Crippen LogP contribution in [0, 0.1) is 5.92 Å². The summed E-state index contributed by atoms with van der Waals surface area (Å²) >= 11 is 0. The molecule has 9 nitrogen and oxygen atoms in total. The molecule has 1 aliphatic carbocycles. The molecule has 1 aliphatic heterocycles. The number of rotatable bonds is 9. The molecule has 2 aliphatic rings. The van der Waals surface area contributed by atoms with Crippen molar-refractivity contribution in [2.75, 3.05) is 19.0 Å². The Hall–Kier alpha value is -3.24. The van der Waals surface area contributed by atoms with Gasteiger partial charge in [-0.2, -0.15) is 0 Å². The van der Waals surface area contributed by atoms with E-state index in [-0.39, 0.29) is 6.61 Å². The Morgan fingerprint density at radius 2 is 1.81 bits per heavy atom. The van der Waals surface area contributed by atoms with Crippen molar-refractivity contribution >= 4 is 17.5 Å². The zero-order chi connectivity index (χ0) is 26.4. The summed E-state index contributed by atoms with van der Waals surface area (Å²) in [5, 5.41) is 36.7. The molecule has 5 N–H and O–H groups in total. The maximum Gasteiger partial charge on any atom is 0.252 e. The molecule has 0 saturated heterocycles. The molecule has 0 bridgehead atoms. The molecule has 198 valence electrons. The maximum atomic E-state index is 13.0. The number of methoxy groups -OCH3 is 1. The highest BCUT2D eigenvalue weighted by Crippen LogP contribution is 2.37. The smallest absolute Gasteiger partial charge is 0.252 e. The molecule has 1 fully saturated rings. The van der Waals surface area contributed by atoms with Gasteiger partial charge in [0.05, 0.1) is 5.69 Å². The van der Waals surface area contributed by atoms with Crippen molar-refractivity contribution in [1.82, 2.24) is 5.32 Å². The highest BCUT2D eigenvalue weighted by Gasteiger charge is 2.37. The Morgan fingerprint density at radius 3 is 2.51 bits per heavy atom. The second-order valence-electron chi connectivity index (χ2n) is 9.47. The van der Waals surface area contributed by atoms with Gasteiger partial charge < -0.3 is 35.4 Å². The van der Waals surface area contributed by atoms with Crippen molar-refractivity contribution < 1.29 is 34.4 Å². The lowest BCUT2D eigenvalue weighted by atomic mass is 9.99. The summed E-state index contributed by atoms with van der Waals surface area (Å²) < 4.78 is 11.1. The molecule has 5 atom stereocenters. The second-order valence-corrected chi connectivity index (χ2v) is 9.47. The van der Waals surface area contributed by atoms with Crippen LogP contribution in [-0.2, 0) is 14.3 Å². The van der Waals surface area contributed by atoms with E-state index in [4.69, 9.17) is 9.47 Å². The van der Waals surface area contributed by atoms with E-state index in [1.54, 1.807) is 12.1 Å². The SMILES string of the molecule is CO[C@@H](C(=O)N[C@H]1COc2c(cccc2-c2ccccc2)NC1=O)[C@H](O)[C@@H](O)[C@H](O)C=CC1CCCC1. The number of amides is 2. The summed E-state index contributed by atoms with van der Waals surface area (Å²) in [7, 11) is 1.20. The van der Waals surface area contributed by atoms with Gasteiger partial charge in [-0.3, -0.25) is 9.59 Å². The average molecular weight is 511 g/mol. The van der Waals surface area contributed by atoms with E-state index >= 15 is 0 Å². The van der Waals surface area contributed by atoms with Crippen LogP contribution in [0.4, 0.5) is 5.69 Å². The van der Waals surface area contributed by atoms with Crippen LogP contribution in [0.25, 0.3) is 11.1 Å². The van der Waals surface area contributed by atoms with Crippen LogP contribution in [-0.4, -0.2) is 71.3 Å². The Labute approximate surface area is 216 Å². The first kappa shape index (κ1) is 26.8. The van der Waals surface area contributed by atoms with Gasteiger partial charge in [-0.15, -0.1) is 0 Å². The molecule has 9 heteroatoms. The van der Waals surface area contributed by atoms with E-state index in [1.165, 1.54) is 13.2 Å². The number of hydrogen-bond donors (Lipinski definition) is 5. The van der Waals surface area contributed by atoms with Crippen molar-refractivity contribution in [3.05, 3.63) is 60.7 Å². The number of allylic oxidation sites excluding steroid dienone is 1. The minimum Gasteiger partial charge on any atom is -0.488 e. The molecule has 37 heavy (non-hydrogen) atoms. The van der Waals surface area contributed by atoms with E-state index in [0.29, 0.717) is 17.4 Å². The second kappa shape index (κ2) is 12.3. The lowest BCUT2D eigenvalue weighted by Gasteiger charge is -2.28. The third kappa shape index (κ3) is 6.37. The molecule has 1 heterocycles. The summed E-state index contributed by atoms with van der Waals surface area (Å²) in [5.41, 5.74) is 2.17. The molecule has 0 spiro atoms. The van der Waals surface area contributed by atoms with Crippen molar-refractivity contribution in [2.45, 2.75) is 56.1 Å². The average Bonchev–Trinajstić information content (AvgIpc) is 3.38. The van der Waals surface area contributed by atoms with Gasteiger partial charge in [0.2, 0.25) is 0 Å². The van der Waals surface area contributed by atoms with Gasteiger partial charge >= 0.3 is 0 Å². The number of ether oxygens (including phenoxy) is 2. The third-order valence-corrected chi connectivity index (χ3v) is 6.89. The number of anilines is 1. The molecule has 2 aromatic rings. The summed E-state index contributed by atoms with van der Waals surface area (Å²) in [4.78, 5) is 25.8. The van der Waals surface area contributed by atoms with Gasteiger partial charge in [-0.25, -0.2) is 0 Å². The van der Waals surface area contributed by atoms with Crippen molar-refractivity contribution in [1.29, 1.82) is 0 Å². The van der Waals surface area contributed by atoms with Crippen LogP contribution >= 0.6 is 0 Å². The monoisotopic (exact) mass is 510 g/mol. The van der Waals surface area contributed by atoms with Crippen LogP contribution in [0.1, 0.15) is 25.7 Å². The van der Waals surface area contributed by atoms with Crippen LogP contribution in [0.5, 0.6) is 5.75 Å². The summed E-state index contributed by atoms with van der Waals surface area (Å²) in [6.07, 6.45) is 1.28. The fourth-order valence-electron chi connectivity index (χ4n) is 4.78. The summed E-state index contributed by atoms with van der Waals surface area (Å²) in [6, 6.07) is 13.9. The Bertz CT molecular complexity index is 1100. The van der Waals surface area contributed by atoms with Gasteiger partial charge in [0, 0.05) is 12.7 Å². The van der Waals surface area contributed by atoms with E-state index in [2.05, 4.69) is 10.6 Å². The number of hydrogen-bond acceptors (Lipinski definition) is 7. The van der Waals surface area contributed by atoms with Crippen LogP contribution < -0.4 is 15.4 Å². The van der Waals surface area contributed by atoms with Gasteiger partial charge in [-0.1, -0.05) is 67.5 Å². The van der Waals surface area contributed by atoms with Gasteiger partial charge in [-0.05, 0) is 30.4 Å². The van der Waals surface area contributed by atoms with Crippen LogP contribution in [0.2, 0.25) is 0 Å². The molecular formula is C28H34N2O7. The number of para-hydroxylation sites is 1. The zero-order valence-corrected chi connectivity index (χ0v) is 20.7. The topological polar surface area (TPSA) is 137 Å². The molecule has 0 unspecified atom stereocenters. The van der Waals surface area contributed by atoms with E-state index in [9.17, 15) is 24.9 Å². The standard InChI is InChI=1S/C28H34N2O7/c1-36-26(24(33)23(32)22(31)15-14-17-8-5-6-9-17)28(35)30-21-16-37-25-19(18-10-3-2-4-11-18)12-7-13-20(25)29-27(21)34/h2-4,7,10-15,17,21-24,26,31-33H,5-6,8-9,16H2,1H3,(H,29,34)(H,30,35)/t21-,22+,23-,24+,26+/m0/s1. The van der Waals surface area contributed by atoms with Crippen molar-refractivity contribution in [3.8, 4) is 16.9 Å². The first-order valence-corrected chi connectivity index (χ1v) is 12.6. The van der Waals surface area contributed by atoms with E-state index in [1.807, 2.05) is 42.5 Å². The van der Waals surface area contributed by atoms with E-state index < -0.39 is 42.3 Å². The van der Waals surface area contributed by atoms with E-state index in [0.717, 1.165) is 36.8 Å². The molecular weight excluding hydrogens is 476 g/mol. The Kier molecular flexibility index (Phi) is 8.94. The number of carbonyl (C=O) groups excluding carboxylic acids is 2. The molecule has 0 aromatic heterocycles. The van der Waals surface area contributed by atoms with Gasteiger partial charge in [0.15, 0.2) is 11.9 Å². The predicted molar refractivity (Wildman–Crippen MR) is 138 cm³/mol. The first-order chi connectivity index (χ1) is 17.9. The molecule has 1 saturated carbocycles. The largest absolute Gasteiger partial charge is 0.488 e. The Morgan fingerprint density at radius 1 is 1.08 bits per heavy atom.